The molecule has 1 aliphatic heterocycles. The molecular weight excluding hydrogens is 240 g/mol. The molecule has 0 aromatic heterocycles. The van der Waals surface area contributed by atoms with Gasteiger partial charge >= 0.3 is 12.2 Å². The number of hydrogen-bond donors (Lipinski definition) is 2. The van der Waals surface area contributed by atoms with Gasteiger partial charge in [-0.1, -0.05) is 0 Å². The van der Waals surface area contributed by atoms with Crippen LogP contribution in [-0.2, 0) is 9.47 Å². The Morgan fingerprint density at radius 2 is 2.17 bits per heavy atom. The third-order valence-electron chi connectivity index (χ3n) is 2.35. The molecule has 7 heteroatoms. The Kier molecular flexibility index (Phi) is 4.77. The van der Waals surface area contributed by atoms with Crippen molar-refractivity contribution in [1.82, 2.24) is 10.2 Å². The van der Waals surface area contributed by atoms with Crippen molar-refractivity contribution in [3.05, 3.63) is 0 Å². The van der Waals surface area contributed by atoms with E-state index in [1.165, 1.54) is 4.90 Å². The van der Waals surface area contributed by atoms with E-state index in [2.05, 4.69) is 5.32 Å². The summed E-state index contributed by atoms with van der Waals surface area (Å²) in [5, 5.41) is 11.5. The first-order chi connectivity index (χ1) is 8.29. The van der Waals surface area contributed by atoms with Gasteiger partial charge in [-0.25, -0.2) is 9.59 Å². The molecule has 0 aromatic carbocycles. The average molecular weight is 260 g/mol. The predicted octanol–water partition coefficient (Wildman–Crippen LogP) is 0.890. The molecule has 1 unspecified atom stereocenters. The summed E-state index contributed by atoms with van der Waals surface area (Å²) in [7, 11) is 0. The van der Waals surface area contributed by atoms with Crippen LogP contribution in [0.15, 0.2) is 0 Å². The smallest absolute Gasteiger partial charge is 0.407 e. The number of ether oxygens (including phenoxy) is 2. The van der Waals surface area contributed by atoms with Crippen LogP contribution in [0.25, 0.3) is 0 Å². The molecule has 0 aromatic rings. The van der Waals surface area contributed by atoms with Gasteiger partial charge < -0.3 is 19.9 Å². The Labute approximate surface area is 106 Å². The fourth-order valence-corrected chi connectivity index (χ4v) is 1.59. The summed E-state index contributed by atoms with van der Waals surface area (Å²) in [5.74, 6) is 0. The summed E-state index contributed by atoms with van der Waals surface area (Å²) >= 11 is 0. The fourth-order valence-electron chi connectivity index (χ4n) is 1.59. The zero-order chi connectivity index (χ0) is 13.8. The van der Waals surface area contributed by atoms with Crippen LogP contribution >= 0.6 is 0 Å². The standard InChI is InChI=1S/C11H20N2O5/c1-11(2,3)18-9(14)12-6-8-7-17-5-4-13(8)10(15)16/h8H,4-7H2,1-3H3,(H,12,14)(H,15,16). The first-order valence-corrected chi connectivity index (χ1v) is 5.84. The van der Waals surface area contributed by atoms with Crippen molar-refractivity contribution < 1.29 is 24.2 Å². The average Bonchev–Trinajstić information content (AvgIpc) is 2.24. The highest BCUT2D eigenvalue weighted by atomic mass is 16.6. The van der Waals surface area contributed by atoms with Gasteiger partial charge in [-0.3, -0.25) is 4.90 Å². The molecule has 1 rings (SSSR count). The highest BCUT2D eigenvalue weighted by Crippen LogP contribution is 2.08. The van der Waals surface area contributed by atoms with Crippen molar-refractivity contribution in [1.29, 1.82) is 0 Å². The molecule has 0 spiro atoms. The molecule has 1 fully saturated rings. The number of alkyl carbamates (subject to hydrolysis) is 1. The summed E-state index contributed by atoms with van der Waals surface area (Å²) in [5.41, 5.74) is -0.570. The van der Waals surface area contributed by atoms with Gasteiger partial charge in [0.25, 0.3) is 0 Å². The van der Waals surface area contributed by atoms with Crippen molar-refractivity contribution in [2.75, 3.05) is 26.3 Å². The van der Waals surface area contributed by atoms with Gasteiger partial charge in [0, 0.05) is 13.1 Å². The van der Waals surface area contributed by atoms with Crippen LogP contribution in [0.2, 0.25) is 0 Å². The first kappa shape index (κ1) is 14.6. The van der Waals surface area contributed by atoms with Crippen molar-refractivity contribution in [2.45, 2.75) is 32.4 Å². The Morgan fingerprint density at radius 3 is 2.72 bits per heavy atom. The van der Waals surface area contributed by atoms with E-state index >= 15 is 0 Å². The fraction of sp³-hybridized carbons (Fsp3) is 0.818. The summed E-state index contributed by atoms with van der Waals surface area (Å²) in [4.78, 5) is 23.7. The van der Waals surface area contributed by atoms with E-state index in [1.54, 1.807) is 20.8 Å². The van der Waals surface area contributed by atoms with Gasteiger partial charge in [-0.05, 0) is 20.8 Å². The predicted molar refractivity (Wildman–Crippen MR) is 63.6 cm³/mol. The number of carboxylic acid groups (broad SMARTS) is 1. The van der Waals surface area contributed by atoms with E-state index in [0.717, 1.165) is 0 Å². The van der Waals surface area contributed by atoms with Gasteiger partial charge in [-0.2, -0.15) is 0 Å². The zero-order valence-corrected chi connectivity index (χ0v) is 10.9. The van der Waals surface area contributed by atoms with Gasteiger partial charge in [0.2, 0.25) is 0 Å². The number of carbonyl (C=O) groups is 2. The van der Waals surface area contributed by atoms with Gasteiger partial charge in [-0.15, -0.1) is 0 Å². The second-order valence-electron chi connectivity index (χ2n) is 5.09. The molecule has 1 heterocycles. The summed E-state index contributed by atoms with van der Waals surface area (Å²) in [6.07, 6.45) is -1.56. The number of morpholine rings is 1. The number of amides is 2. The lowest BCUT2D eigenvalue weighted by molar-refractivity contribution is -0.00170. The Hall–Kier alpha value is -1.50. The van der Waals surface area contributed by atoms with Gasteiger partial charge in [0.05, 0.1) is 19.3 Å². The largest absolute Gasteiger partial charge is 0.465 e. The van der Waals surface area contributed by atoms with E-state index in [0.29, 0.717) is 13.2 Å². The molecule has 18 heavy (non-hydrogen) atoms. The number of rotatable bonds is 2. The van der Waals surface area contributed by atoms with E-state index in [-0.39, 0.29) is 19.2 Å². The van der Waals surface area contributed by atoms with E-state index in [4.69, 9.17) is 14.6 Å². The summed E-state index contributed by atoms with van der Waals surface area (Å²) < 4.78 is 10.3. The van der Waals surface area contributed by atoms with Crippen LogP contribution in [0.1, 0.15) is 20.8 Å². The lowest BCUT2D eigenvalue weighted by atomic mass is 10.2. The SMILES string of the molecule is CC(C)(C)OC(=O)NCC1COCCN1C(=O)O. The van der Waals surface area contributed by atoms with Crippen LogP contribution < -0.4 is 5.32 Å². The van der Waals surface area contributed by atoms with Gasteiger partial charge in [0.15, 0.2) is 0 Å². The first-order valence-electron chi connectivity index (χ1n) is 5.84. The lowest BCUT2D eigenvalue weighted by Gasteiger charge is -2.33. The topological polar surface area (TPSA) is 88.1 Å². The zero-order valence-electron chi connectivity index (χ0n) is 10.9. The highest BCUT2D eigenvalue weighted by molar-refractivity contribution is 5.68. The van der Waals surface area contributed by atoms with Crippen LogP contribution in [0.3, 0.4) is 0 Å². The minimum atomic E-state index is -1.01. The maximum Gasteiger partial charge on any atom is 0.407 e. The molecule has 0 aliphatic carbocycles. The number of carbonyl (C=O) groups excluding carboxylic acids is 1. The minimum absolute atomic E-state index is 0.182. The van der Waals surface area contributed by atoms with Crippen LogP contribution in [-0.4, -0.2) is 60.1 Å². The number of nitrogens with one attached hydrogen (secondary N) is 1. The molecule has 0 radical (unpaired) electrons. The molecule has 2 amide bonds. The van der Waals surface area contributed by atoms with Crippen molar-refractivity contribution >= 4 is 12.2 Å². The van der Waals surface area contributed by atoms with Crippen LogP contribution in [0, 0.1) is 0 Å². The molecular formula is C11H20N2O5. The molecule has 0 bridgehead atoms. The molecule has 1 saturated heterocycles. The number of hydrogen-bond acceptors (Lipinski definition) is 4. The molecule has 1 aliphatic rings. The van der Waals surface area contributed by atoms with E-state index < -0.39 is 17.8 Å². The van der Waals surface area contributed by atoms with Gasteiger partial charge in [0.1, 0.15) is 5.60 Å². The Balaban J connectivity index is 2.41. The second-order valence-corrected chi connectivity index (χ2v) is 5.09. The maximum atomic E-state index is 11.4. The van der Waals surface area contributed by atoms with Crippen molar-refractivity contribution in [3.8, 4) is 0 Å². The minimum Gasteiger partial charge on any atom is -0.465 e. The third kappa shape index (κ3) is 4.79. The Bertz CT molecular complexity index is 313. The molecule has 0 saturated carbocycles. The normalized spacial score (nSPS) is 20.4. The third-order valence-corrected chi connectivity index (χ3v) is 2.35. The van der Waals surface area contributed by atoms with E-state index in [9.17, 15) is 9.59 Å². The lowest BCUT2D eigenvalue weighted by Crippen LogP contribution is -2.53. The van der Waals surface area contributed by atoms with Crippen LogP contribution in [0.4, 0.5) is 9.59 Å². The van der Waals surface area contributed by atoms with Crippen LogP contribution in [0.5, 0.6) is 0 Å². The molecule has 7 nitrogen and oxygen atoms in total. The van der Waals surface area contributed by atoms with E-state index in [1.807, 2.05) is 0 Å². The maximum absolute atomic E-state index is 11.4. The highest BCUT2D eigenvalue weighted by Gasteiger charge is 2.27. The number of nitrogens with zero attached hydrogens (tertiary/aromatic N) is 1. The summed E-state index contributed by atoms with van der Waals surface area (Å²) in [6, 6.07) is -0.372. The Morgan fingerprint density at radius 1 is 1.50 bits per heavy atom. The molecule has 1 atom stereocenters. The van der Waals surface area contributed by atoms with Crippen molar-refractivity contribution in [2.24, 2.45) is 0 Å². The second kappa shape index (κ2) is 5.90. The van der Waals surface area contributed by atoms with Crippen molar-refractivity contribution in [3.63, 3.8) is 0 Å². The molecule has 2 N–H and O–H groups in total. The monoisotopic (exact) mass is 260 g/mol. The quantitative estimate of drug-likeness (QED) is 0.769. The summed E-state index contributed by atoms with van der Waals surface area (Å²) in [6.45, 7) is 6.45. The molecule has 104 valence electrons.